The molecule has 0 aliphatic carbocycles. The van der Waals surface area contributed by atoms with Gasteiger partial charge in [0, 0.05) is 31.6 Å². The number of carbonyl (C=O) groups is 1. The van der Waals surface area contributed by atoms with E-state index in [4.69, 9.17) is 4.74 Å². The fraction of sp³-hybridized carbons (Fsp3) is 0.455. The van der Waals surface area contributed by atoms with Crippen molar-refractivity contribution in [1.82, 2.24) is 10.3 Å². The second-order valence-corrected chi connectivity index (χ2v) is 3.60. The smallest absolute Gasteiger partial charge is 0.253 e. The van der Waals surface area contributed by atoms with Crippen molar-refractivity contribution in [1.29, 1.82) is 0 Å². The molecule has 4 nitrogen and oxygen atoms in total. The highest BCUT2D eigenvalue weighted by molar-refractivity contribution is 5.93. The molecule has 2 rings (SSSR count). The number of nitrogens with one attached hydrogen (secondary N) is 1. The van der Waals surface area contributed by atoms with Crippen molar-refractivity contribution >= 4 is 5.91 Å². The van der Waals surface area contributed by atoms with E-state index in [0.717, 1.165) is 26.1 Å². The fourth-order valence-corrected chi connectivity index (χ4v) is 1.61. The molecule has 1 amide bonds. The van der Waals surface area contributed by atoms with Gasteiger partial charge < -0.3 is 10.1 Å². The van der Waals surface area contributed by atoms with E-state index in [2.05, 4.69) is 10.3 Å². The van der Waals surface area contributed by atoms with Gasteiger partial charge in [0.1, 0.15) is 0 Å². The molecule has 80 valence electrons. The number of hydrogen-bond acceptors (Lipinski definition) is 3. The van der Waals surface area contributed by atoms with Gasteiger partial charge in [0.05, 0.1) is 5.56 Å². The topological polar surface area (TPSA) is 51.2 Å². The molecule has 0 saturated carbocycles. The van der Waals surface area contributed by atoms with E-state index in [0.29, 0.717) is 5.56 Å². The van der Waals surface area contributed by atoms with E-state index in [1.54, 1.807) is 24.5 Å². The summed E-state index contributed by atoms with van der Waals surface area (Å²) >= 11 is 0. The molecule has 15 heavy (non-hydrogen) atoms. The Morgan fingerprint density at radius 1 is 1.47 bits per heavy atom. The number of ether oxygens (including phenoxy) is 1. The van der Waals surface area contributed by atoms with Gasteiger partial charge in [0.2, 0.25) is 0 Å². The lowest BCUT2D eigenvalue weighted by Gasteiger charge is -2.22. The summed E-state index contributed by atoms with van der Waals surface area (Å²) < 4.78 is 5.22. The summed E-state index contributed by atoms with van der Waals surface area (Å²) in [7, 11) is 0. The molecule has 0 spiro atoms. The molecule has 0 atom stereocenters. The standard InChI is InChI=1S/C11H14N2O2/c14-11(9-2-1-5-12-8-9)13-10-3-6-15-7-4-10/h1-2,5,8,10H,3-4,6-7H2,(H,13,14). The van der Waals surface area contributed by atoms with Gasteiger partial charge >= 0.3 is 0 Å². The summed E-state index contributed by atoms with van der Waals surface area (Å²) in [6.45, 7) is 1.47. The van der Waals surface area contributed by atoms with Crippen LogP contribution in [0.15, 0.2) is 24.5 Å². The Morgan fingerprint density at radius 3 is 2.93 bits per heavy atom. The molecule has 1 fully saturated rings. The van der Waals surface area contributed by atoms with Gasteiger partial charge in [-0.1, -0.05) is 0 Å². The Morgan fingerprint density at radius 2 is 2.27 bits per heavy atom. The number of nitrogens with zero attached hydrogens (tertiary/aromatic N) is 1. The maximum atomic E-state index is 11.7. The first kappa shape index (κ1) is 10.1. The van der Waals surface area contributed by atoms with Gasteiger partial charge in [-0.2, -0.15) is 0 Å². The summed E-state index contributed by atoms with van der Waals surface area (Å²) in [5.74, 6) is -0.0463. The Bertz CT molecular complexity index is 321. The number of rotatable bonds is 2. The Kier molecular flexibility index (Phi) is 3.29. The lowest BCUT2D eigenvalue weighted by molar-refractivity contribution is 0.0696. The third kappa shape index (κ3) is 2.76. The summed E-state index contributed by atoms with van der Waals surface area (Å²) in [6, 6.07) is 3.77. The van der Waals surface area contributed by atoms with Crippen molar-refractivity contribution in [2.24, 2.45) is 0 Å². The highest BCUT2D eigenvalue weighted by Gasteiger charge is 2.16. The van der Waals surface area contributed by atoms with Crippen molar-refractivity contribution in [3.8, 4) is 0 Å². The molecule has 1 N–H and O–H groups in total. The van der Waals surface area contributed by atoms with Crippen LogP contribution in [0.3, 0.4) is 0 Å². The predicted octanol–water partition coefficient (Wildman–Crippen LogP) is 0.990. The summed E-state index contributed by atoms with van der Waals surface area (Å²) in [5.41, 5.74) is 0.615. The van der Waals surface area contributed by atoms with E-state index >= 15 is 0 Å². The Balaban J connectivity index is 1.91. The van der Waals surface area contributed by atoms with Crippen LogP contribution >= 0.6 is 0 Å². The number of carbonyl (C=O) groups excluding carboxylic acids is 1. The van der Waals surface area contributed by atoms with E-state index < -0.39 is 0 Å². The molecule has 0 bridgehead atoms. The van der Waals surface area contributed by atoms with Gasteiger partial charge in [0.25, 0.3) is 5.91 Å². The van der Waals surface area contributed by atoms with Crippen LogP contribution in [0.5, 0.6) is 0 Å². The van der Waals surface area contributed by atoms with E-state index in [-0.39, 0.29) is 11.9 Å². The molecule has 1 aromatic heterocycles. The van der Waals surface area contributed by atoms with Crippen molar-refractivity contribution in [3.05, 3.63) is 30.1 Å². The largest absolute Gasteiger partial charge is 0.381 e. The van der Waals surface area contributed by atoms with E-state index in [1.807, 2.05) is 0 Å². The zero-order valence-electron chi connectivity index (χ0n) is 8.48. The molecular weight excluding hydrogens is 192 g/mol. The molecule has 1 saturated heterocycles. The first-order valence-corrected chi connectivity index (χ1v) is 5.15. The van der Waals surface area contributed by atoms with Crippen LogP contribution in [-0.2, 0) is 4.74 Å². The lowest BCUT2D eigenvalue weighted by atomic mass is 10.1. The van der Waals surface area contributed by atoms with Crippen LogP contribution in [0.2, 0.25) is 0 Å². The van der Waals surface area contributed by atoms with Gasteiger partial charge in [-0.25, -0.2) is 0 Å². The monoisotopic (exact) mass is 206 g/mol. The molecule has 1 aromatic rings. The molecule has 0 unspecified atom stereocenters. The second kappa shape index (κ2) is 4.89. The molecule has 1 aliphatic rings. The van der Waals surface area contributed by atoms with Gasteiger partial charge in [0.15, 0.2) is 0 Å². The average molecular weight is 206 g/mol. The van der Waals surface area contributed by atoms with Crippen LogP contribution in [0.1, 0.15) is 23.2 Å². The van der Waals surface area contributed by atoms with Gasteiger partial charge in [-0.05, 0) is 25.0 Å². The third-order valence-electron chi connectivity index (χ3n) is 2.48. The van der Waals surface area contributed by atoms with Crippen LogP contribution in [0, 0.1) is 0 Å². The average Bonchev–Trinajstić information content (AvgIpc) is 2.31. The molecule has 2 heterocycles. The Labute approximate surface area is 88.7 Å². The van der Waals surface area contributed by atoms with Crippen molar-refractivity contribution < 1.29 is 9.53 Å². The quantitative estimate of drug-likeness (QED) is 0.785. The molecule has 0 aromatic carbocycles. The molecular formula is C11H14N2O2. The lowest BCUT2D eigenvalue weighted by Crippen LogP contribution is -2.38. The normalized spacial score (nSPS) is 17.3. The first-order chi connectivity index (χ1) is 7.36. The summed E-state index contributed by atoms with van der Waals surface area (Å²) in [4.78, 5) is 15.6. The second-order valence-electron chi connectivity index (χ2n) is 3.60. The number of hydrogen-bond donors (Lipinski definition) is 1. The van der Waals surface area contributed by atoms with Crippen LogP contribution in [0.25, 0.3) is 0 Å². The minimum absolute atomic E-state index is 0.0463. The highest BCUT2D eigenvalue weighted by Crippen LogP contribution is 2.07. The van der Waals surface area contributed by atoms with E-state index in [9.17, 15) is 4.79 Å². The van der Waals surface area contributed by atoms with Crippen molar-refractivity contribution in [3.63, 3.8) is 0 Å². The van der Waals surface area contributed by atoms with Gasteiger partial charge in [-0.15, -0.1) is 0 Å². The van der Waals surface area contributed by atoms with Crippen molar-refractivity contribution in [2.45, 2.75) is 18.9 Å². The third-order valence-corrected chi connectivity index (χ3v) is 2.48. The van der Waals surface area contributed by atoms with Gasteiger partial charge in [-0.3, -0.25) is 9.78 Å². The number of amides is 1. The summed E-state index contributed by atoms with van der Waals surface area (Å²) in [6.07, 6.45) is 5.03. The maximum Gasteiger partial charge on any atom is 0.253 e. The van der Waals surface area contributed by atoms with Crippen LogP contribution in [0.4, 0.5) is 0 Å². The van der Waals surface area contributed by atoms with Crippen LogP contribution < -0.4 is 5.32 Å². The highest BCUT2D eigenvalue weighted by atomic mass is 16.5. The zero-order valence-corrected chi connectivity index (χ0v) is 8.48. The molecule has 1 aliphatic heterocycles. The SMILES string of the molecule is O=C(NC1CCOCC1)c1cccnc1. The molecule has 0 radical (unpaired) electrons. The van der Waals surface area contributed by atoms with E-state index in [1.165, 1.54) is 0 Å². The maximum absolute atomic E-state index is 11.7. The number of aromatic nitrogens is 1. The minimum Gasteiger partial charge on any atom is -0.381 e. The fourth-order valence-electron chi connectivity index (χ4n) is 1.61. The predicted molar refractivity (Wildman–Crippen MR) is 55.5 cm³/mol. The minimum atomic E-state index is -0.0463. The van der Waals surface area contributed by atoms with Crippen molar-refractivity contribution in [2.75, 3.05) is 13.2 Å². The first-order valence-electron chi connectivity index (χ1n) is 5.15. The zero-order chi connectivity index (χ0) is 10.5. The van der Waals surface area contributed by atoms with Crippen LogP contribution in [-0.4, -0.2) is 30.1 Å². The summed E-state index contributed by atoms with van der Waals surface area (Å²) in [5, 5.41) is 2.98. The number of pyridine rings is 1. The Hall–Kier alpha value is -1.42. The molecule has 4 heteroatoms.